The van der Waals surface area contributed by atoms with Crippen LogP contribution >= 0.6 is 0 Å². The topological polar surface area (TPSA) is 83.9 Å². The first kappa shape index (κ1) is 25.2. The van der Waals surface area contributed by atoms with E-state index in [1.54, 1.807) is 0 Å². The van der Waals surface area contributed by atoms with Gasteiger partial charge in [-0.2, -0.15) is 17.5 Å². The lowest BCUT2D eigenvalue weighted by atomic mass is 10.1. The lowest BCUT2D eigenvalue weighted by molar-refractivity contribution is -0.146. The molecule has 11 heteroatoms. The minimum Gasteiger partial charge on any atom is -0.478 e. The number of hydrogen-bond donors (Lipinski definition) is 1. The first-order chi connectivity index (χ1) is 15.9. The third-order valence-corrected chi connectivity index (χ3v) is 6.63. The Labute approximate surface area is 193 Å². The molecule has 34 heavy (non-hydrogen) atoms. The van der Waals surface area contributed by atoms with Crippen LogP contribution in [0.4, 0.5) is 17.6 Å². The first-order valence-corrected chi connectivity index (χ1v) is 11.2. The van der Waals surface area contributed by atoms with Crippen molar-refractivity contribution in [2.45, 2.75) is 23.7 Å². The molecule has 0 bridgehead atoms. The molecule has 0 amide bonds. The second-order valence-corrected chi connectivity index (χ2v) is 9.37. The number of halogens is 4. The molecule has 0 heterocycles. The summed E-state index contributed by atoms with van der Waals surface area (Å²) < 4.78 is 84.0. The molecule has 0 saturated heterocycles. The first-order valence-electron chi connectivity index (χ1n) is 9.75. The number of carbonyl (C=O) groups is 1. The van der Waals surface area contributed by atoms with E-state index in [-0.39, 0.29) is 22.8 Å². The van der Waals surface area contributed by atoms with Crippen LogP contribution in [0.1, 0.15) is 22.8 Å². The second-order valence-electron chi connectivity index (χ2n) is 7.32. The van der Waals surface area contributed by atoms with Crippen molar-refractivity contribution in [1.29, 1.82) is 0 Å². The fraction of sp³-hybridized carbons (Fsp3) is 0.174. The molecule has 0 radical (unpaired) electrons. The highest BCUT2D eigenvalue weighted by Gasteiger charge is 2.32. The highest BCUT2D eigenvalue weighted by molar-refractivity contribution is 7.89. The second kappa shape index (κ2) is 9.82. The maximum atomic E-state index is 13.4. The van der Waals surface area contributed by atoms with Gasteiger partial charge in [0.05, 0.1) is 10.5 Å². The van der Waals surface area contributed by atoms with Crippen molar-refractivity contribution in [3.05, 3.63) is 95.3 Å². The van der Waals surface area contributed by atoms with Gasteiger partial charge in [-0.1, -0.05) is 30.3 Å². The fourth-order valence-electron chi connectivity index (χ4n) is 3.10. The lowest BCUT2D eigenvalue weighted by Crippen LogP contribution is -2.26. The Kier molecular flexibility index (Phi) is 7.27. The molecule has 3 rings (SSSR count). The average Bonchev–Trinajstić information content (AvgIpc) is 2.77. The van der Waals surface area contributed by atoms with Crippen molar-refractivity contribution in [3.8, 4) is 5.75 Å². The number of carboxylic acid groups (broad SMARTS) is 1. The quantitative estimate of drug-likeness (QED) is 0.449. The van der Waals surface area contributed by atoms with Crippen LogP contribution in [0.2, 0.25) is 0 Å². The fourth-order valence-corrected chi connectivity index (χ4v) is 4.29. The zero-order chi connectivity index (χ0) is 25.1. The Morgan fingerprint density at radius 2 is 1.68 bits per heavy atom. The van der Waals surface area contributed by atoms with Crippen LogP contribution in [-0.2, 0) is 27.5 Å². The SMILES string of the molecule is CN(Cc1ccc(OC(C(=O)O)c2cccc(C(F)(F)F)c2)cc1)S(=O)(=O)c1cccc(F)c1. The number of sulfonamides is 1. The Morgan fingerprint density at radius 3 is 2.26 bits per heavy atom. The Balaban J connectivity index is 1.75. The normalized spacial score (nSPS) is 13.0. The van der Waals surface area contributed by atoms with Crippen molar-refractivity contribution in [1.82, 2.24) is 4.31 Å². The Morgan fingerprint density at radius 1 is 1.03 bits per heavy atom. The largest absolute Gasteiger partial charge is 0.478 e. The van der Waals surface area contributed by atoms with E-state index in [2.05, 4.69) is 0 Å². The smallest absolute Gasteiger partial charge is 0.416 e. The lowest BCUT2D eigenvalue weighted by Gasteiger charge is -2.19. The number of hydrogen-bond acceptors (Lipinski definition) is 4. The minimum atomic E-state index is -4.64. The van der Waals surface area contributed by atoms with Crippen molar-refractivity contribution < 1.29 is 40.6 Å². The molecule has 0 fully saturated rings. The van der Waals surface area contributed by atoms with Crippen LogP contribution in [-0.4, -0.2) is 30.8 Å². The number of nitrogens with zero attached hydrogens (tertiary/aromatic N) is 1. The summed E-state index contributed by atoms with van der Waals surface area (Å²) in [6.45, 7) is -0.0743. The van der Waals surface area contributed by atoms with E-state index in [0.717, 1.165) is 28.6 Å². The van der Waals surface area contributed by atoms with Crippen LogP contribution in [0.5, 0.6) is 5.75 Å². The van der Waals surface area contributed by atoms with Crippen LogP contribution in [0.25, 0.3) is 0 Å². The Bertz CT molecular complexity index is 1280. The summed E-state index contributed by atoms with van der Waals surface area (Å²) in [5, 5.41) is 9.47. The number of rotatable bonds is 8. The van der Waals surface area contributed by atoms with Crippen molar-refractivity contribution in [2.75, 3.05) is 7.05 Å². The predicted molar refractivity (Wildman–Crippen MR) is 114 cm³/mol. The molecule has 6 nitrogen and oxygen atoms in total. The van der Waals surface area contributed by atoms with Crippen LogP contribution < -0.4 is 4.74 Å². The van der Waals surface area contributed by atoms with E-state index >= 15 is 0 Å². The molecular formula is C23H19F4NO5S. The summed E-state index contributed by atoms with van der Waals surface area (Å²) in [6, 6.07) is 14.1. The summed E-state index contributed by atoms with van der Waals surface area (Å²) in [6.07, 6.45) is -6.33. The predicted octanol–water partition coefficient (Wildman–Crippen LogP) is 4.87. The van der Waals surface area contributed by atoms with Crippen LogP contribution in [0.15, 0.2) is 77.7 Å². The summed E-state index contributed by atoms with van der Waals surface area (Å²) in [5.74, 6) is -2.11. The summed E-state index contributed by atoms with van der Waals surface area (Å²) in [4.78, 5) is 11.4. The van der Waals surface area contributed by atoms with Gasteiger partial charge in [0.15, 0.2) is 0 Å². The highest BCUT2D eigenvalue weighted by atomic mass is 32.2. The maximum absolute atomic E-state index is 13.4. The number of alkyl halides is 3. The van der Waals surface area contributed by atoms with Gasteiger partial charge in [-0.25, -0.2) is 17.6 Å². The molecule has 0 aliphatic carbocycles. The molecule has 1 N–H and O–H groups in total. The number of aliphatic carboxylic acids is 1. The van der Waals surface area contributed by atoms with Gasteiger partial charge in [-0.05, 0) is 48.0 Å². The molecule has 0 aliphatic rings. The molecule has 0 spiro atoms. The summed E-state index contributed by atoms with van der Waals surface area (Å²) in [7, 11) is -2.64. The molecule has 0 saturated carbocycles. The van der Waals surface area contributed by atoms with Gasteiger partial charge in [0.25, 0.3) is 0 Å². The third kappa shape index (κ3) is 5.91. The molecule has 0 aliphatic heterocycles. The van der Waals surface area contributed by atoms with Crippen molar-refractivity contribution >= 4 is 16.0 Å². The summed E-state index contributed by atoms with van der Waals surface area (Å²) >= 11 is 0. The molecule has 180 valence electrons. The van der Waals surface area contributed by atoms with Gasteiger partial charge < -0.3 is 9.84 Å². The van der Waals surface area contributed by atoms with Gasteiger partial charge in [-0.15, -0.1) is 0 Å². The van der Waals surface area contributed by atoms with E-state index in [9.17, 15) is 35.9 Å². The van der Waals surface area contributed by atoms with Gasteiger partial charge >= 0.3 is 12.1 Å². The van der Waals surface area contributed by atoms with Gasteiger partial charge in [-0.3, -0.25) is 0 Å². The summed E-state index contributed by atoms with van der Waals surface area (Å²) in [5.41, 5.74) is -0.675. The third-order valence-electron chi connectivity index (χ3n) is 4.83. The van der Waals surface area contributed by atoms with Crippen LogP contribution in [0, 0.1) is 5.82 Å². The molecule has 1 unspecified atom stereocenters. The molecule has 3 aromatic carbocycles. The number of benzene rings is 3. The van der Waals surface area contributed by atoms with Crippen LogP contribution in [0.3, 0.4) is 0 Å². The van der Waals surface area contributed by atoms with E-state index in [1.165, 1.54) is 49.5 Å². The number of ether oxygens (including phenoxy) is 1. The standard InChI is InChI=1S/C23H19F4NO5S/c1-28(34(31,32)20-7-3-6-18(24)13-20)14-15-8-10-19(11-9-15)33-21(22(29)30)16-4-2-5-17(12-16)23(25,26)27/h2-13,21H,14H2,1H3,(H,29,30). The zero-order valence-electron chi connectivity index (χ0n) is 17.7. The minimum absolute atomic E-state index is 0.0594. The molecule has 3 aromatic rings. The van der Waals surface area contributed by atoms with E-state index < -0.39 is 39.7 Å². The van der Waals surface area contributed by atoms with Crippen molar-refractivity contribution in [3.63, 3.8) is 0 Å². The molecule has 0 aromatic heterocycles. The Hall–Kier alpha value is -3.44. The van der Waals surface area contributed by atoms with Gasteiger partial charge in [0.1, 0.15) is 11.6 Å². The maximum Gasteiger partial charge on any atom is 0.416 e. The molecular weight excluding hydrogens is 478 g/mol. The van der Waals surface area contributed by atoms with E-state index in [4.69, 9.17) is 4.74 Å². The van der Waals surface area contributed by atoms with Gasteiger partial charge in [0.2, 0.25) is 16.1 Å². The van der Waals surface area contributed by atoms with E-state index in [1.807, 2.05) is 0 Å². The monoisotopic (exact) mass is 497 g/mol. The molecule has 1 atom stereocenters. The van der Waals surface area contributed by atoms with Gasteiger partial charge in [0, 0.05) is 19.2 Å². The number of carboxylic acids is 1. The zero-order valence-corrected chi connectivity index (χ0v) is 18.5. The van der Waals surface area contributed by atoms with E-state index in [0.29, 0.717) is 11.6 Å². The van der Waals surface area contributed by atoms with Crippen molar-refractivity contribution in [2.24, 2.45) is 0 Å². The highest BCUT2D eigenvalue weighted by Crippen LogP contribution is 2.32. The average molecular weight is 497 g/mol.